The lowest BCUT2D eigenvalue weighted by atomic mass is 9.90. The molecule has 3 saturated heterocycles. The minimum atomic E-state index is -2.18. The highest BCUT2D eigenvalue weighted by Crippen LogP contribution is 2.53. The fourth-order valence-electron chi connectivity index (χ4n) is 5.02. The van der Waals surface area contributed by atoms with Crippen molar-refractivity contribution in [2.75, 3.05) is 14.2 Å². The largest absolute Gasteiger partial charge is 0.479 e. The molecule has 38 heavy (non-hydrogen) atoms. The molecule has 4 rings (SSSR count). The van der Waals surface area contributed by atoms with Crippen LogP contribution in [0.25, 0.3) is 0 Å². The monoisotopic (exact) mass is 556 g/mol. The quantitative estimate of drug-likeness (QED) is 0.131. The van der Waals surface area contributed by atoms with Crippen LogP contribution in [0.5, 0.6) is 0 Å². The number of aliphatic hydroxyl groups excluding tert-OH is 4. The summed E-state index contributed by atoms with van der Waals surface area (Å²) in [5.74, 6) is -8.06. The molecule has 13 unspecified atom stereocenters. The van der Waals surface area contributed by atoms with Gasteiger partial charge in [0.2, 0.25) is 0 Å². The maximum absolute atomic E-state index is 11.9. The van der Waals surface area contributed by atoms with Crippen LogP contribution in [0.4, 0.5) is 0 Å². The van der Waals surface area contributed by atoms with Crippen molar-refractivity contribution in [3.05, 3.63) is 0 Å². The molecule has 0 spiro atoms. The number of carboxylic acid groups (broad SMARTS) is 2. The van der Waals surface area contributed by atoms with Gasteiger partial charge in [-0.15, -0.1) is 0 Å². The fraction of sp³-hybridized carbons (Fsp3) is 0.850. The smallest absolute Gasteiger partial charge is 0.336 e. The standard InChI is InChI=1S/C20H28O18/c1-31-10-7(23)8(24)18(33-11(10)14(25)26)34-13-12(15(27)28)36-19(37-16(13)29)35-9-4(3-21)20(30)5(6(9)22)17(32-2)38-20/h3-13,16-19,22-24,29-30H,1-2H3,(H,25,26)(H,27,28)/t4?,5?,6?,7?,8?,9?,10?,11?,12?,13-,16?,17?,18?,19-,20?/m0/s1. The molecule has 7 N–H and O–H groups in total. The minimum Gasteiger partial charge on any atom is -0.479 e. The van der Waals surface area contributed by atoms with Crippen molar-refractivity contribution >= 4 is 18.2 Å². The third-order valence-electron chi connectivity index (χ3n) is 6.94. The Bertz CT molecular complexity index is 901. The number of aliphatic carboxylic acids is 2. The fourth-order valence-corrected chi connectivity index (χ4v) is 5.02. The van der Waals surface area contributed by atoms with Crippen LogP contribution >= 0.6 is 0 Å². The molecule has 18 nitrogen and oxygen atoms in total. The summed E-state index contributed by atoms with van der Waals surface area (Å²) >= 11 is 0. The Morgan fingerprint density at radius 3 is 1.97 bits per heavy atom. The number of carbonyl (C=O) groups is 3. The predicted octanol–water partition coefficient (Wildman–Crippen LogP) is -5.10. The van der Waals surface area contributed by atoms with E-state index in [1.54, 1.807) is 0 Å². The van der Waals surface area contributed by atoms with Crippen LogP contribution in [-0.2, 0) is 52.3 Å². The van der Waals surface area contributed by atoms with Gasteiger partial charge in [-0.2, -0.15) is 0 Å². The number of rotatable bonds is 9. The van der Waals surface area contributed by atoms with Gasteiger partial charge < -0.3 is 73.7 Å². The average molecular weight is 556 g/mol. The third kappa shape index (κ3) is 4.70. The van der Waals surface area contributed by atoms with E-state index in [1.807, 2.05) is 0 Å². The zero-order valence-corrected chi connectivity index (χ0v) is 19.8. The van der Waals surface area contributed by atoms with E-state index < -0.39 is 104 Å². The highest BCUT2D eigenvalue weighted by Gasteiger charge is 2.72. The molecule has 18 heteroatoms. The van der Waals surface area contributed by atoms with E-state index in [4.69, 9.17) is 37.9 Å². The van der Waals surface area contributed by atoms with Crippen molar-refractivity contribution < 1.29 is 88.0 Å². The summed E-state index contributed by atoms with van der Waals surface area (Å²) in [6.07, 6.45) is -19.3. The van der Waals surface area contributed by atoms with Crippen LogP contribution in [0.15, 0.2) is 0 Å². The Labute approximate surface area is 213 Å². The zero-order chi connectivity index (χ0) is 28.1. The van der Waals surface area contributed by atoms with Gasteiger partial charge in [0, 0.05) is 14.2 Å². The van der Waals surface area contributed by atoms with Crippen molar-refractivity contribution in [2.45, 2.75) is 80.0 Å². The molecule has 3 heterocycles. The maximum atomic E-state index is 11.9. The van der Waals surface area contributed by atoms with Crippen LogP contribution in [0, 0.1) is 11.8 Å². The van der Waals surface area contributed by atoms with Crippen molar-refractivity contribution in [1.82, 2.24) is 0 Å². The van der Waals surface area contributed by atoms with E-state index in [0.29, 0.717) is 0 Å². The molecule has 216 valence electrons. The van der Waals surface area contributed by atoms with Crippen LogP contribution in [0.3, 0.4) is 0 Å². The molecule has 0 radical (unpaired) electrons. The van der Waals surface area contributed by atoms with Crippen LogP contribution in [0.2, 0.25) is 0 Å². The number of methoxy groups -OCH3 is 2. The number of carbonyl (C=O) groups excluding carboxylic acids is 1. The Morgan fingerprint density at radius 1 is 0.789 bits per heavy atom. The Hall–Kier alpha value is -1.91. The second kappa shape index (κ2) is 10.9. The lowest BCUT2D eigenvalue weighted by molar-refractivity contribution is -0.433. The first-order valence-corrected chi connectivity index (χ1v) is 11.3. The first-order chi connectivity index (χ1) is 17.9. The number of hydrogen-bond donors (Lipinski definition) is 7. The number of carboxylic acids is 2. The van der Waals surface area contributed by atoms with E-state index in [2.05, 4.69) is 0 Å². The SMILES string of the molecule is COC1OC2(O)C(C=O)C(O[C@@H]3OC(O)[C@@H](OC4OC(C(=O)O)C(OC)C(O)C4O)C(C(=O)O)O3)C(O)C12. The average Bonchev–Trinajstić information content (AvgIpc) is 3.00. The van der Waals surface area contributed by atoms with Gasteiger partial charge in [-0.05, 0) is 0 Å². The van der Waals surface area contributed by atoms with Gasteiger partial charge in [-0.3, -0.25) is 4.74 Å². The molecule has 0 aromatic heterocycles. The summed E-state index contributed by atoms with van der Waals surface area (Å²) in [5.41, 5.74) is 0. The van der Waals surface area contributed by atoms with E-state index in [9.17, 15) is 50.1 Å². The summed E-state index contributed by atoms with van der Waals surface area (Å²) in [6, 6.07) is 0. The molecule has 15 atom stereocenters. The van der Waals surface area contributed by atoms with E-state index >= 15 is 0 Å². The number of aldehydes is 1. The van der Waals surface area contributed by atoms with Gasteiger partial charge in [0.1, 0.15) is 36.8 Å². The number of aliphatic hydroxyl groups is 5. The van der Waals surface area contributed by atoms with Crippen molar-refractivity contribution in [1.29, 1.82) is 0 Å². The maximum Gasteiger partial charge on any atom is 0.336 e. The lowest BCUT2D eigenvalue weighted by Gasteiger charge is -2.48. The molecular formula is C20H28O18. The van der Waals surface area contributed by atoms with Gasteiger partial charge in [0.25, 0.3) is 6.48 Å². The Balaban J connectivity index is 1.47. The molecular weight excluding hydrogens is 528 g/mol. The minimum absolute atomic E-state index is 0.249. The Kier molecular flexibility index (Phi) is 8.36. The van der Waals surface area contributed by atoms with Gasteiger partial charge in [-0.25, -0.2) is 9.59 Å². The third-order valence-corrected chi connectivity index (χ3v) is 6.94. The molecule has 1 aliphatic carbocycles. The first kappa shape index (κ1) is 29.1. The van der Waals surface area contributed by atoms with E-state index in [0.717, 1.165) is 7.11 Å². The summed E-state index contributed by atoms with van der Waals surface area (Å²) in [6.45, 7) is -2.03. The molecule has 4 aliphatic rings. The van der Waals surface area contributed by atoms with Crippen molar-refractivity contribution in [3.63, 3.8) is 0 Å². The zero-order valence-electron chi connectivity index (χ0n) is 19.8. The summed E-state index contributed by atoms with van der Waals surface area (Å²) < 4.78 is 41.0. The second-order valence-corrected chi connectivity index (χ2v) is 9.01. The van der Waals surface area contributed by atoms with Crippen LogP contribution in [-0.4, -0.2) is 148 Å². The molecule has 3 aliphatic heterocycles. The first-order valence-electron chi connectivity index (χ1n) is 11.3. The van der Waals surface area contributed by atoms with Crippen LogP contribution < -0.4 is 0 Å². The molecule has 0 aromatic rings. The van der Waals surface area contributed by atoms with Gasteiger partial charge >= 0.3 is 11.9 Å². The number of ether oxygens (including phenoxy) is 8. The highest BCUT2D eigenvalue weighted by atomic mass is 16.9. The van der Waals surface area contributed by atoms with Gasteiger partial charge in [0.05, 0.1) is 17.9 Å². The van der Waals surface area contributed by atoms with Crippen molar-refractivity contribution in [3.8, 4) is 0 Å². The summed E-state index contributed by atoms with van der Waals surface area (Å²) in [5, 5.41) is 71.2. The molecule has 1 saturated carbocycles. The number of fused-ring (bicyclic) bond motifs is 1. The summed E-state index contributed by atoms with van der Waals surface area (Å²) in [4.78, 5) is 35.1. The predicted molar refractivity (Wildman–Crippen MR) is 108 cm³/mol. The van der Waals surface area contributed by atoms with Gasteiger partial charge in [-0.1, -0.05) is 0 Å². The Morgan fingerprint density at radius 2 is 1.42 bits per heavy atom. The topological polar surface area (TPSA) is 267 Å². The second-order valence-electron chi connectivity index (χ2n) is 9.01. The van der Waals surface area contributed by atoms with Crippen molar-refractivity contribution in [2.24, 2.45) is 11.8 Å². The number of hydrogen-bond acceptors (Lipinski definition) is 16. The molecule has 0 bridgehead atoms. The van der Waals surface area contributed by atoms with Crippen LogP contribution in [0.1, 0.15) is 0 Å². The highest BCUT2D eigenvalue weighted by molar-refractivity contribution is 5.74. The van der Waals surface area contributed by atoms with E-state index in [-0.39, 0.29) is 6.29 Å². The lowest BCUT2D eigenvalue weighted by Crippen LogP contribution is -2.64. The summed E-state index contributed by atoms with van der Waals surface area (Å²) in [7, 11) is 2.30. The van der Waals surface area contributed by atoms with Gasteiger partial charge in [0.15, 0.2) is 36.9 Å². The normalized spacial score (nSPS) is 50.6. The van der Waals surface area contributed by atoms with E-state index in [1.165, 1.54) is 7.11 Å². The molecule has 4 fully saturated rings. The molecule has 0 aromatic carbocycles. The molecule has 0 amide bonds.